The largest absolute Gasteiger partial charge is 0.493 e. The second kappa shape index (κ2) is 8.32. The minimum atomic E-state index is -0.868. The summed E-state index contributed by atoms with van der Waals surface area (Å²) in [5.74, 6) is -0.538. The third-order valence-corrected chi connectivity index (χ3v) is 4.69. The summed E-state index contributed by atoms with van der Waals surface area (Å²) in [6.45, 7) is 4.72. The van der Waals surface area contributed by atoms with Gasteiger partial charge in [-0.2, -0.15) is 4.39 Å². The molecule has 0 fully saturated rings. The Bertz CT molecular complexity index is 476. The number of rotatable bonds is 9. The van der Waals surface area contributed by atoms with Crippen molar-refractivity contribution >= 4 is 21.6 Å². The first-order chi connectivity index (χ1) is 9.98. The summed E-state index contributed by atoms with van der Waals surface area (Å²) < 4.78 is 19.3. The second-order valence-corrected chi connectivity index (χ2v) is 5.85. The summed E-state index contributed by atoms with van der Waals surface area (Å²) in [5, 5.41) is 11.4. The van der Waals surface area contributed by atoms with E-state index >= 15 is 0 Å². The Morgan fingerprint density at radius 3 is 2.38 bits per heavy atom. The molecule has 0 N–H and O–H groups in total. The lowest BCUT2D eigenvalue weighted by Gasteiger charge is -2.31. The predicted octanol–water partition coefficient (Wildman–Crippen LogP) is 5.09. The van der Waals surface area contributed by atoms with E-state index in [9.17, 15) is 14.5 Å². The van der Waals surface area contributed by atoms with Crippen molar-refractivity contribution in [1.82, 2.24) is 0 Å². The van der Waals surface area contributed by atoms with Gasteiger partial charge in [-0.25, -0.2) is 0 Å². The van der Waals surface area contributed by atoms with Crippen molar-refractivity contribution in [3.05, 3.63) is 34.1 Å². The standard InChI is InChI=1S/C15H21BrFNO3/c1-3-7-15(10-16,8-4-2)11-21-12-5-6-14(18(19)20)13(17)9-12/h5-6,9H,3-4,7-8,10-11H2,1-2H3. The van der Waals surface area contributed by atoms with Crippen LogP contribution in [0.1, 0.15) is 39.5 Å². The van der Waals surface area contributed by atoms with Crippen LogP contribution in [0.5, 0.6) is 5.75 Å². The summed E-state index contributed by atoms with van der Waals surface area (Å²) in [4.78, 5) is 9.85. The molecule has 0 aliphatic carbocycles. The Morgan fingerprint density at radius 2 is 1.95 bits per heavy atom. The monoisotopic (exact) mass is 361 g/mol. The number of hydrogen-bond donors (Lipinski definition) is 0. The predicted molar refractivity (Wildman–Crippen MR) is 84.6 cm³/mol. The minimum Gasteiger partial charge on any atom is -0.493 e. The minimum absolute atomic E-state index is 0.0156. The molecule has 0 amide bonds. The zero-order valence-corrected chi connectivity index (χ0v) is 14.0. The summed E-state index contributed by atoms with van der Waals surface area (Å²) in [6, 6.07) is 3.66. The van der Waals surface area contributed by atoms with Gasteiger partial charge in [0, 0.05) is 22.9 Å². The van der Waals surface area contributed by atoms with Crippen molar-refractivity contribution in [2.75, 3.05) is 11.9 Å². The van der Waals surface area contributed by atoms with Gasteiger partial charge in [0.1, 0.15) is 5.75 Å². The number of nitro groups is 1. The Morgan fingerprint density at radius 1 is 1.33 bits per heavy atom. The summed E-state index contributed by atoms with van der Waals surface area (Å²) >= 11 is 3.55. The molecule has 0 saturated carbocycles. The SMILES string of the molecule is CCCC(CBr)(CCC)COc1ccc([N+](=O)[O-])c(F)c1. The van der Waals surface area contributed by atoms with Crippen molar-refractivity contribution in [1.29, 1.82) is 0 Å². The molecule has 0 atom stereocenters. The van der Waals surface area contributed by atoms with Crippen LogP contribution >= 0.6 is 15.9 Å². The van der Waals surface area contributed by atoms with E-state index in [0.717, 1.165) is 43.1 Å². The van der Waals surface area contributed by atoms with E-state index in [-0.39, 0.29) is 5.41 Å². The van der Waals surface area contributed by atoms with Crippen molar-refractivity contribution in [2.45, 2.75) is 39.5 Å². The van der Waals surface area contributed by atoms with Crippen molar-refractivity contribution < 1.29 is 14.1 Å². The summed E-state index contributed by atoms with van der Waals surface area (Å²) in [5.41, 5.74) is -0.516. The van der Waals surface area contributed by atoms with Crippen molar-refractivity contribution in [3.8, 4) is 5.75 Å². The first kappa shape index (κ1) is 17.9. The maximum atomic E-state index is 13.6. The fraction of sp³-hybridized carbons (Fsp3) is 0.600. The Hall–Kier alpha value is -1.17. The molecule has 0 bridgehead atoms. The van der Waals surface area contributed by atoms with Crippen LogP contribution in [0.2, 0.25) is 0 Å². The molecule has 0 aliphatic heterocycles. The van der Waals surface area contributed by atoms with E-state index < -0.39 is 16.4 Å². The molecule has 0 aromatic heterocycles. The first-order valence-corrected chi connectivity index (χ1v) is 8.23. The average Bonchev–Trinajstić information content (AvgIpc) is 2.45. The van der Waals surface area contributed by atoms with Crippen LogP contribution in [-0.4, -0.2) is 16.9 Å². The van der Waals surface area contributed by atoms with Gasteiger partial charge in [-0.15, -0.1) is 0 Å². The van der Waals surface area contributed by atoms with Gasteiger partial charge in [-0.1, -0.05) is 42.6 Å². The van der Waals surface area contributed by atoms with E-state index in [0.29, 0.717) is 12.4 Å². The third-order valence-electron chi connectivity index (χ3n) is 3.50. The van der Waals surface area contributed by atoms with E-state index in [1.807, 2.05) is 0 Å². The Kier molecular flexibility index (Phi) is 7.08. The first-order valence-electron chi connectivity index (χ1n) is 7.10. The molecule has 0 radical (unpaired) electrons. The number of nitrogens with zero attached hydrogens (tertiary/aromatic N) is 1. The van der Waals surface area contributed by atoms with Gasteiger partial charge in [0.25, 0.3) is 0 Å². The van der Waals surface area contributed by atoms with Gasteiger partial charge < -0.3 is 4.74 Å². The quantitative estimate of drug-likeness (QED) is 0.349. The lowest BCUT2D eigenvalue weighted by Crippen LogP contribution is -2.30. The van der Waals surface area contributed by atoms with Gasteiger partial charge in [-0.3, -0.25) is 10.1 Å². The van der Waals surface area contributed by atoms with Crippen LogP contribution in [0.3, 0.4) is 0 Å². The number of halogens is 2. The summed E-state index contributed by atoms with van der Waals surface area (Å²) in [6.07, 6.45) is 4.12. The van der Waals surface area contributed by atoms with Crippen molar-refractivity contribution in [3.63, 3.8) is 0 Å². The topological polar surface area (TPSA) is 52.4 Å². The fourth-order valence-electron chi connectivity index (χ4n) is 2.46. The number of alkyl halides is 1. The number of benzene rings is 1. The van der Waals surface area contributed by atoms with E-state index in [2.05, 4.69) is 29.8 Å². The average molecular weight is 362 g/mol. The zero-order valence-electron chi connectivity index (χ0n) is 12.4. The molecule has 21 heavy (non-hydrogen) atoms. The van der Waals surface area contributed by atoms with Gasteiger partial charge in [0.05, 0.1) is 11.5 Å². The van der Waals surface area contributed by atoms with Crippen LogP contribution in [0.15, 0.2) is 18.2 Å². The van der Waals surface area contributed by atoms with E-state index in [1.54, 1.807) is 0 Å². The molecular weight excluding hydrogens is 341 g/mol. The number of nitro benzene ring substituents is 1. The van der Waals surface area contributed by atoms with Crippen LogP contribution in [0, 0.1) is 21.3 Å². The molecule has 0 aliphatic rings. The fourth-order valence-corrected chi connectivity index (χ4v) is 3.19. The molecule has 0 spiro atoms. The van der Waals surface area contributed by atoms with Crippen LogP contribution < -0.4 is 4.74 Å². The molecule has 4 nitrogen and oxygen atoms in total. The number of hydrogen-bond acceptors (Lipinski definition) is 3. The lowest BCUT2D eigenvalue weighted by molar-refractivity contribution is -0.387. The van der Waals surface area contributed by atoms with E-state index in [4.69, 9.17) is 4.74 Å². The molecular formula is C15H21BrFNO3. The highest BCUT2D eigenvalue weighted by Gasteiger charge is 2.28. The van der Waals surface area contributed by atoms with Gasteiger partial charge >= 0.3 is 5.69 Å². The third kappa shape index (κ3) is 4.95. The molecule has 0 unspecified atom stereocenters. The van der Waals surface area contributed by atoms with Crippen LogP contribution in [0.4, 0.5) is 10.1 Å². The zero-order chi connectivity index (χ0) is 15.9. The highest BCUT2D eigenvalue weighted by atomic mass is 79.9. The molecule has 1 aromatic carbocycles. The molecule has 0 saturated heterocycles. The molecule has 1 aromatic rings. The van der Waals surface area contributed by atoms with E-state index in [1.165, 1.54) is 6.07 Å². The second-order valence-electron chi connectivity index (χ2n) is 5.29. The van der Waals surface area contributed by atoms with Crippen LogP contribution in [-0.2, 0) is 0 Å². The molecule has 0 heterocycles. The highest BCUT2D eigenvalue weighted by Crippen LogP contribution is 2.33. The maximum Gasteiger partial charge on any atom is 0.305 e. The highest BCUT2D eigenvalue weighted by molar-refractivity contribution is 9.09. The van der Waals surface area contributed by atoms with Gasteiger partial charge in [0.2, 0.25) is 5.82 Å². The molecule has 1 rings (SSSR count). The maximum absolute atomic E-state index is 13.6. The number of ether oxygens (including phenoxy) is 1. The summed E-state index contributed by atoms with van der Waals surface area (Å²) in [7, 11) is 0. The van der Waals surface area contributed by atoms with Crippen LogP contribution in [0.25, 0.3) is 0 Å². The lowest BCUT2D eigenvalue weighted by atomic mass is 9.82. The van der Waals surface area contributed by atoms with Gasteiger partial charge in [-0.05, 0) is 18.9 Å². The molecule has 118 valence electrons. The Labute approximate surface area is 133 Å². The van der Waals surface area contributed by atoms with Gasteiger partial charge in [0.15, 0.2) is 0 Å². The Balaban J connectivity index is 2.80. The normalized spacial score (nSPS) is 11.4. The van der Waals surface area contributed by atoms with Crippen molar-refractivity contribution in [2.24, 2.45) is 5.41 Å². The smallest absolute Gasteiger partial charge is 0.305 e. The molecule has 6 heteroatoms.